The smallest absolute Gasteiger partial charge is 1.00 e. The molecule has 4 heavy (non-hydrogen) atoms. The predicted octanol–water partition coefficient (Wildman–Crippen LogP) is -1.34. The predicted molar refractivity (Wildman–Crippen MR) is 17.9 cm³/mol. The van der Waals surface area contributed by atoms with Crippen molar-refractivity contribution in [2.75, 3.05) is 0 Å². The van der Waals surface area contributed by atoms with E-state index < -0.39 is 0 Å². The zero-order valence-electron chi connectivity index (χ0n) is 4.78. The van der Waals surface area contributed by atoms with E-state index in [1.165, 1.54) is 0 Å². The molecule has 0 heterocycles. The fourth-order valence-corrected chi connectivity index (χ4v) is 0. The zero-order chi connectivity index (χ0) is 0. The van der Waals surface area contributed by atoms with Crippen LogP contribution in [0, 0.1) is 35.6 Å². The van der Waals surface area contributed by atoms with Gasteiger partial charge in [-0.15, -0.1) is 0 Å². The standard InChI is InChI=1S/La.H3Si.Sr.Zr.2H/h;1H3;;;;/q;;+2;;2*-1. The Morgan fingerprint density at radius 3 is 1.25 bits per heavy atom. The average molecular weight is 351 g/mol. The van der Waals surface area contributed by atoms with E-state index in [2.05, 4.69) is 0 Å². The first-order valence-electron chi connectivity index (χ1n) is 0. The molecule has 0 unspecified atom stereocenters. The molecule has 2 radical (unpaired) electrons. The van der Waals surface area contributed by atoms with Crippen molar-refractivity contribution in [3.8, 4) is 0 Å². The van der Waals surface area contributed by atoms with Crippen LogP contribution in [0.5, 0.6) is 0 Å². The maximum Gasteiger partial charge on any atom is 2.00 e. The topological polar surface area (TPSA) is 0 Å². The Morgan fingerprint density at radius 2 is 1.25 bits per heavy atom. The molecule has 0 saturated heterocycles. The van der Waals surface area contributed by atoms with Gasteiger partial charge < -0.3 is 2.85 Å². The van der Waals surface area contributed by atoms with Crippen molar-refractivity contribution in [3.63, 3.8) is 0 Å². The molecule has 0 aliphatic rings. The molecular formula is H5LaSiSrZr. The summed E-state index contributed by atoms with van der Waals surface area (Å²) < 4.78 is 0. The van der Waals surface area contributed by atoms with Crippen molar-refractivity contribution in [3.05, 3.63) is 0 Å². The zero-order valence-corrected chi connectivity index (χ0v) is 14.3. The van der Waals surface area contributed by atoms with E-state index in [1.54, 1.807) is 0 Å². The number of hydrogen-bond acceptors (Lipinski definition) is 0. The molecule has 0 N–H and O–H groups in total. The molecule has 0 aromatic carbocycles. The second kappa shape index (κ2) is 15.9. The van der Waals surface area contributed by atoms with Gasteiger partial charge in [0, 0.05) is 61.8 Å². The van der Waals surface area contributed by atoms with Crippen molar-refractivity contribution in [2.24, 2.45) is 0 Å². The van der Waals surface area contributed by atoms with Crippen LogP contribution in [-0.2, 0) is 26.2 Å². The van der Waals surface area contributed by atoms with Gasteiger partial charge in [0.15, 0.2) is 0 Å². The average Bonchev–Trinajstić information content (AvgIpc) is 0. The van der Waals surface area contributed by atoms with Crippen LogP contribution in [-0.4, -0.2) is 56.4 Å². The third kappa shape index (κ3) is 9.24. The van der Waals surface area contributed by atoms with Crippen LogP contribution in [0.25, 0.3) is 0 Å². The molecule has 0 aromatic heterocycles. The minimum Gasteiger partial charge on any atom is -1.00 e. The molecule has 0 aliphatic carbocycles. The first kappa shape index (κ1) is 25.0. The molecule has 4 heteroatoms. The minimum absolute atomic E-state index is 0. The number of hydrogen-bond donors (Lipinski definition) is 0. The molecule has 0 atom stereocenters. The van der Waals surface area contributed by atoms with Crippen LogP contribution in [0.15, 0.2) is 0 Å². The normalized spacial score (nSPS) is 0. The Bertz CT molecular complexity index is 13.5. The summed E-state index contributed by atoms with van der Waals surface area (Å²) in [6.45, 7) is 0. The summed E-state index contributed by atoms with van der Waals surface area (Å²) in [6.07, 6.45) is 0. The molecule has 0 saturated carbocycles. The molecule has 0 rings (SSSR count). The number of rotatable bonds is 0. The third-order valence-corrected chi connectivity index (χ3v) is 0. The molecular weight excluding hydrogens is 346 g/mol. The molecule has 0 amide bonds. The Morgan fingerprint density at radius 1 is 1.25 bits per heavy atom. The van der Waals surface area contributed by atoms with Gasteiger partial charge in [-0.2, -0.15) is 0 Å². The monoisotopic (exact) mass is 350 g/mol. The fraction of sp³-hybridized carbons (Fsp3) is 0. The molecule has 18 valence electrons. The Labute approximate surface area is 118 Å². The maximum absolute atomic E-state index is 0. The van der Waals surface area contributed by atoms with Gasteiger partial charge in [-0.3, -0.25) is 0 Å². The van der Waals surface area contributed by atoms with E-state index in [9.17, 15) is 0 Å². The quantitative estimate of drug-likeness (QED) is 0.474. The maximum atomic E-state index is 0. The van der Waals surface area contributed by atoms with Crippen molar-refractivity contribution < 1.29 is 64.7 Å². The summed E-state index contributed by atoms with van der Waals surface area (Å²) in [6, 6.07) is 0. The summed E-state index contributed by atoms with van der Waals surface area (Å²) in [5.41, 5.74) is 0. The molecule has 0 nitrogen and oxygen atoms in total. The summed E-state index contributed by atoms with van der Waals surface area (Å²) in [4.78, 5) is 0. The Hall–Kier alpha value is 3.78. The van der Waals surface area contributed by atoms with E-state index in [0.29, 0.717) is 0 Å². The first-order valence-corrected chi connectivity index (χ1v) is 0. The first-order chi connectivity index (χ1) is 0. The Kier molecular flexibility index (Phi) is 99.3. The SMILES string of the molecule is [H-].[H-].[La].[SiH3].[Sr+2].[Zr]. The second-order valence-electron chi connectivity index (χ2n) is 0. The van der Waals surface area contributed by atoms with Gasteiger partial charge >= 0.3 is 45.5 Å². The van der Waals surface area contributed by atoms with Crippen LogP contribution in [0.4, 0.5) is 0 Å². The Balaban J connectivity index is 0. The van der Waals surface area contributed by atoms with Crippen molar-refractivity contribution in [2.45, 2.75) is 0 Å². The van der Waals surface area contributed by atoms with E-state index in [-0.39, 0.29) is 121 Å². The summed E-state index contributed by atoms with van der Waals surface area (Å²) >= 11 is 0. The van der Waals surface area contributed by atoms with Gasteiger partial charge in [-0.25, -0.2) is 0 Å². The van der Waals surface area contributed by atoms with Crippen LogP contribution < -0.4 is 0 Å². The van der Waals surface area contributed by atoms with Crippen LogP contribution >= 0.6 is 0 Å². The van der Waals surface area contributed by atoms with Crippen molar-refractivity contribution >= 4 is 56.4 Å². The summed E-state index contributed by atoms with van der Waals surface area (Å²) in [5.74, 6) is 0. The van der Waals surface area contributed by atoms with Gasteiger partial charge in [0.1, 0.15) is 0 Å². The largest absolute Gasteiger partial charge is 2.00 e. The van der Waals surface area contributed by atoms with Gasteiger partial charge in [0.05, 0.1) is 0 Å². The molecule has 0 bridgehead atoms. The molecule has 0 aliphatic heterocycles. The van der Waals surface area contributed by atoms with E-state index in [0.717, 1.165) is 0 Å². The fourth-order valence-electron chi connectivity index (χ4n) is 0. The van der Waals surface area contributed by atoms with Gasteiger partial charge in [-0.05, 0) is 11.0 Å². The summed E-state index contributed by atoms with van der Waals surface area (Å²) in [5, 5.41) is 0. The van der Waals surface area contributed by atoms with E-state index >= 15 is 0 Å². The van der Waals surface area contributed by atoms with Crippen LogP contribution in [0.1, 0.15) is 2.85 Å². The molecule has 0 fully saturated rings. The van der Waals surface area contributed by atoms with Gasteiger partial charge in [0.25, 0.3) is 0 Å². The van der Waals surface area contributed by atoms with Crippen LogP contribution in [0.3, 0.4) is 0 Å². The summed E-state index contributed by atoms with van der Waals surface area (Å²) in [7, 11) is 0. The third-order valence-electron chi connectivity index (χ3n) is 0. The molecule has 0 aromatic rings. The molecule has 0 spiro atoms. The minimum atomic E-state index is 0. The van der Waals surface area contributed by atoms with Gasteiger partial charge in [-0.1, -0.05) is 0 Å². The second-order valence-corrected chi connectivity index (χ2v) is 0. The van der Waals surface area contributed by atoms with Gasteiger partial charge in [0.2, 0.25) is 0 Å². The van der Waals surface area contributed by atoms with Crippen LogP contribution in [0.2, 0.25) is 0 Å². The van der Waals surface area contributed by atoms with Crippen molar-refractivity contribution in [1.82, 2.24) is 0 Å². The van der Waals surface area contributed by atoms with Crippen molar-refractivity contribution in [1.29, 1.82) is 0 Å². The van der Waals surface area contributed by atoms with E-state index in [1.807, 2.05) is 0 Å². The van der Waals surface area contributed by atoms with E-state index in [4.69, 9.17) is 0 Å².